The first kappa shape index (κ1) is 20.2. The van der Waals surface area contributed by atoms with Gasteiger partial charge >= 0.3 is 0 Å². The molecule has 0 saturated heterocycles. The van der Waals surface area contributed by atoms with Crippen molar-refractivity contribution in [1.29, 1.82) is 0 Å². The molecule has 0 aliphatic heterocycles. The van der Waals surface area contributed by atoms with Crippen LogP contribution in [0.5, 0.6) is 0 Å². The monoisotopic (exact) mass is 416 g/mol. The van der Waals surface area contributed by atoms with Gasteiger partial charge in [-0.3, -0.25) is 4.79 Å². The van der Waals surface area contributed by atoms with Gasteiger partial charge in [-0.25, -0.2) is 0 Å². The maximum Gasteiger partial charge on any atom is 0.279 e. The Balaban J connectivity index is 2.08. The minimum Gasteiger partial charge on any atom is -0.315 e. The van der Waals surface area contributed by atoms with Gasteiger partial charge in [-0.1, -0.05) is 24.3 Å². The molecule has 0 aliphatic carbocycles. The Kier molecular flexibility index (Phi) is 6.84. The summed E-state index contributed by atoms with van der Waals surface area (Å²) in [5.41, 5.74) is 4.34. The molecule has 0 unspecified atom stereocenters. The fraction of sp³-hybridized carbons (Fsp3) is 0.333. The fourth-order valence-corrected chi connectivity index (χ4v) is 5.06. The summed E-state index contributed by atoms with van der Waals surface area (Å²) in [6.45, 7) is 7.21. The molecule has 2 aromatic carbocycles. The van der Waals surface area contributed by atoms with Crippen LogP contribution in [0.4, 0.5) is 0 Å². The molecule has 0 aliphatic rings. The number of amides is 1. The third kappa shape index (κ3) is 4.68. The van der Waals surface area contributed by atoms with Gasteiger partial charge in [0.05, 0.1) is 10.2 Å². The Morgan fingerprint density at radius 3 is 2.70 bits per heavy atom. The number of benzene rings is 2. The van der Waals surface area contributed by atoms with Crippen molar-refractivity contribution < 1.29 is 4.79 Å². The molecule has 0 bridgehead atoms. The van der Waals surface area contributed by atoms with Crippen LogP contribution in [0.1, 0.15) is 28.4 Å². The second-order valence-corrected chi connectivity index (χ2v) is 9.64. The number of carbonyl (C=O) groups is 1. The zero-order valence-corrected chi connectivity index (χ0v) is 18.6. The average molecular weight is 417 g/mol. The highest BCUT2D eigenvalue weighted by Crippen LogP contribution is 2.23. The van der Waals surface area contributed by atoms with Crippen molar-refractivity contribution in [3.63, 3.8) is 0 Å². The molecule has 1 amide bonds. The summed E-state index contributed by atoms with van der Waals surface area (Å²) in [6, 6.07) is 12.2. The van der Waals surface area contributed by atoms with Crippen LogP contribution in [0.15, 0.2) is 46.3 Å². The summed E-state index contributed by atoms with van der Waals surface area (Å²) in [6.07, 6.45) is 2.10. The number of aryl methyl sites for hydroxylation is 3. The van der Waals surface area contributed by atoms with Gasteiger partial charge in [0.1, 0.15) is 0 Å². The second-order valence-electron chi connectivity index (χ2n) is 6.31. The Hall–Kier alpha value is -1.50. The molecule has 142 valence electrons. The lowest BCUT2D eigenvalue weighted by Crippen LogP contribution is -2.18. The predicted molar refractivity (Wildman–Crippen MR) is 120 cm³/mol. The van der Waals surface area contributed by atoms with Crippen LogP contribution in [-0.4, -0.2) is 28.2 Å². The summed E-state index contributed by atoms with van der Waals surface area (Å²) < 4.78 is 3.37. The largest absolute Gasteiger partial charge is 0.315 e. The number of aromatic nitrogens is 1. The predicted octanol–water partition coefficient (Wildman–Crippen LogP) is 5.54. The third-order valence-electron chi connectivity index (χ3n) is 4.41. The standard InChI is InChI=1S/C21H24N2OS3/c1-5-26-17-8-6-7-16(13-17)20(24)22-21-23(9-10-25-4)18-11-14(2)15(3)12-19(18)27-21/h6-8,11-13H,5,9-10H2,1-4H3. The van der Waals surface area contributed by atoms with E-state index in [4.69, 9.17) is 0 Å². The lowest BCUT2D eigenvalue weighted by atomic mass is 10.1. The number of nitrogens with zero attached hydrogens (tertiary/aromatic N) is 2. The third-order valence-corrected chi connectivity index (χ3v) is 6.91. The summed E-state index contributed by atoms with van der Waals surface area (Å²) >= 11 is 5.13. The Morgan fingerprint density at radius 2 is 1.96 bits per heavy atom. The Bertz CT molecular complexity index is 1030. The van der Waals surface area contributed by atoms with Crippen LogP contribution in [-0.2, 0) is 6.54 Å². The highest BCUT2D eigenvalue weighted by molar-refractivity contribution is 7.99. The van der Waals surface area contributed by atoms with Crippen molar-refractivity contribution in [3.05, 3.63) is 57.9 Å². The molecule has 6 heteroatoms. The number of hydrogen-bond donors (Lipinski definition) is 0. The van der Waals surface area contributed by atoms with Gasteiger partial charge in [-0.05, 0) is 67.3 Å². The van der Waals surface area contributed by atoms with Crippen LogP contribution in [0.3, 0.4) is 0 Å². The topological polar surface area (TPSA) is 34.4 Å². The molecule has 3 rings (SSSR count). The van der Waals surface area contributed by atoms with Crippen LogP contribution in [0.25, 0.3) is 10.2 Å². The van der Waals surface area contributed by atoms with Crippen molar-refractivity contribution in [2.24, 2.45) is 4.99 Å². The van der Waals surface area contributed by atoms with Crippen molar-refractivity contribution >= 4 is 51.0 Å². The summed E-state index contributed by atoms with van der Waals surface area (Å²) in [7, 11) is 0. The van der Waals surface area contributed by atoms with E-state index in [0.717, 1.165) is 27.7 Å². The van der Waals surface area contributed by atoms with E-state index in [0.29, 0.717) is 5.56 Å². The van der Waals surface area contributed by atoms with Gasteiger partial charge in [0, 0.05) is 22.8 Å². The minimum atomic E-state index is -0.175. The first-order valence-electron chi connectivity index (χ1n) is 8.95. The quantitative estimate of drug-likeness (QED) is 0.495. The highest BCUT2D eigenvalue weighted by Gasteiger charge is 2.11. The molecule has 1 aromatic heterocycles. The summed E-state index contributed by atoms with van der Waals surface area (Å²) in [5, 5.41) is 0. The van der Waals surface area contributed by atoms with E-state index in [1.54, 1.807) is 34.9 Å². The number of thioether (sulfide) groups is 2. The molecular weight excluding hydrogens is 392 g/mol. The molecule has 3 nitrogen and oxygen atoms in total. The van der Waals surface area contributed by atoms with E-state index in [1.165, 1.54) is 21.3 Å². The van der Waals surface area contributed by atoms with E-state index in [2.05, 4.69) is 48.7 Å². The van der Waals surface area contributed by atoms with Gasteiger partial charge in [-0.2, -0.15) is 16.8 Å². The molecule has 0 spiro atoms. The van der Waals surface area contributed by atoms with Gasteiger partial charge in [0.25, 0.3) is 5.91 Å². The molecule has 0 saturated carbocycles. The second kappa shape index (κ2) is 9.13. The van der Waals surface area contributed by atoms with Crippen LogP contribution in [0, 0.1) is 13.8 Å². The maximum absolute atomic E-state index is 12.8. The van der Waals surface area contributed by atoms with Gasteiger partial charge in [0.15, 0.2) is 4.80 Å². The van der Waals surface area contributed by atoms with Crippen molar-refractivity contribution in [3.8, 4) is 0 Å². The SMILES string of the molecule is CCSc1cccc(C(=O)N=c2sc3cc(C)c(C)cc3n2CCSC)c1. The molecule has 27 heavy (non-hydrogen) atoms. The molecule has 3 aromatic rings. The molecular formula is C21H24N2OS3. The zero-order chi connectivity index (χ0) is 19.4. The van der Waals surface area contributed by atoms with E-state index in [9.17, 15) is 4.79 Å². The molecule has 1 heterocycles. The smallest absolute Gasteiger partial charge is 0.279 e. The molecule has 0 fully saturated rings. The summed E-state index contributed by atoms with van der Waals surface area (Å²) in [5.74, 6) is 1.80. The fourth-order valence-electron chi connectivity index (χ4n) is 2.84. The number of hydrogen-bond acceptors (Lipinski definition) is 4. The first-order chi connectivity index (χ1) is 13.0. The molecule has 0 radical (unpaired) electrons. The van der Waals surface area contributed by atoms with E-state index in [1.807, 2.05) is 24.3 Å². The van der Waals surface area contributed by atoms with Crippen LogP contribution >= 0.6 is 34.9 Å². The van der Waals surface area contributed by atoms with Gasteiger partial charge < -0.3 is 4.57 Å². The Labute approximate surface area is 172 Å². The number of rotatable bonds is 6. The van der Waals surface area contributed by atoms with Crippen molar-refractivity contribution in [2.75, 3.05) is 17.8 Å². The van der Waals surface area contributed by atoms with Crippen molar-refractivity contribution in [2.45, 2.75) is 32.2 Å². The number of thiazole rings is 1. The van der Waals surface area contributed by atoms with E-state index in [-0.39, 0.29) is 5.91 Å². The number of fused-ring (bicyclic) bond motifs is 1. The van der Waals surface area contributed by atoms with Crippen molar-refractivity contribution in [1.82, 2.24) is 4.57 Å². The summed E-state index contributed by atoms with van der Waals surface area (Å²) in [4.78, 5) is 19.2. The molecule has 0 atom stereocenters. The minimum absolute atomic E-state index is 0.175. The van der Waals surface area contributed by atoms with Gasteiger partial charge in [0.2, 0.25) is 0 Å². The van der Waals surface area contributed by atoms with E-state index >= 15 is 0 Å². The number of carbonyl (C=O) groups excluding carboxylic acids is 1. The lowest BCUT2D eigenvalue weighted by molar-refractivity contribution is 0.0997. The lowest BCUT2D eigenvalue weighted by Gasteiger charge is -2.06. The van der Waals surface area contributed by atoms with E-state index < -0.39 is 0 Å². The zero-order valence-electron chi connectivity index (χ0n) is 16.1. The normalized spacial score (nSPS) is 12.1. The highest BCUT2D eigenvalue weighted by atomic mass is 32.2. The first-order valence-corrected chi connectivity index (χ1v) is 12.1. The maximum atomic E-state index is 12.8. The Morgan fingerprint density at radius 1 is 1.19 bits per heavy atom. The molecule has 0 N–H and O–H groups in total. The average Bonchev–Trinajstić information content (AvgIpc) is 2.97. The van der Waals surface area contributed by atoms with Crippen LogP contribution < -0.4 is 4.80 Å². The van der Waals surface area contributed by atoms with Gasteiger partial charge in [-0.15, -0.1) is 11.8 Å². The van der Waals surface area contributed by atoms with Crippen LogP contribution in [0.2, 0.25) is 0 Å².